The molecule has 0 atom stereocenters. The second-order valence-electron chi connectivity index (χ2n) is 2.72. The van der Waals surface area contributed by atoms with Crippen LogP contribution >= 0.6 is 11.3 Å². The summed E-state index contributed by atoms with van der Waals surface area (Å²) >= 11 is 1.63. The summed E-state index contributed by atoms with van der Waals surface area (Å²) in [4.78, 5) is 4.40. The summed E-state index contributed by atoms with van der Waals surface area (Å²) in [5, 5.41) is 9.38. The molecule has 0 bridgehead atoms. The lowest BCUT2D eigenvalue weighted by Crippen LogP contribution is -1.67. The molecule has 1 heterocycles. The van der Waals surface area contributed by atoms with Crippen LogP contribution in [0.15, 0.2) is 42.7 Å². The number of thiazole rings is 1. The molecule has 2 nitrogen and oxygen atoms in total. The van der Waals surface area contributed by atoms with Gasteiger partial charge in [-0.05, 0) is 24.3 Å². The summed E-state index contributed by atoms with van der Waals surface area (Å²) in [6.45, 7) is 0. The van der Waals surface area contributed by atoms with E-state index in [0.29, 0.717) is 0 Å². The maximum atomic E-state index is 8.44. The maximum Gasteiger partial charge on any atom is 0.117 e. The van der Waals surface area contributed by atoms with Gasteiger partial charge in [-0.1, -0.05) is 18.2 Å². The Morgan fingerprint density at radius 3 is 2.86 bits per heavy atom. The molecule has 2 rings (SSSR count). The highest BCUT2D eigenvalue weighted by atomic mass is 32.1. The SMILES string of the molecule is O/C=C\C=C\c1nc2ccccc2s1. The van der Waals surface area contributed by atoms with Gasteiger partial charge in [0.15, 0.2) is 0 Å². The fraction of sp³-hybridized carbons (Fsp3) is 0. The normalized spacial score (nSPS) is 12.0. The molecule has 0 saturated heterocycles. The van der Waals surface area contributed by atoms with Gasteiger partial charge in [0.25, 0.3) is 0 Å². The van der Waals surface area contributed by atoms with Crippen molar-refractivity contribution in [3.63, 3.8) is 0 Å². The Labute approximate surface area is 85.8 Å². The van der Waals surface area contributed by atoms with Crippen LogP contribution < -0.4 is 0 Å². The quantitative estimate of drug-likeness (QED) is 0.599. The van der Waals surface area contributed by atoms with Gasteiger partial charge in [-0.25, -0.2) is 4.98 Å². The fourth-order valence-electron chi connectivity index (χ4n) is 1.15. The average Bonchev–Trinajstić information content (AvgIpc) is 2.60. The average molecular weight is 203 g/mol. The van der Waals surface area contributed by atoms with Crippen LogP contribution in [0.25, 0.3) is 16.3 Å². The molecular formula is C11H9NOS. The first-order valence-corrected chi connectivity index (χ1v) is 5.05. The standard InChI is InChI=1S/C11H9NOS/c13-8-4-3-7-11-12-9-5-1-2-6-10(9)14-11/h1-8,13H/b7-3+,8-4-. The van der Waals surface area contributed by atoms with Crippen LogP contribution in [0, 0.1) is 0 Å². The Morgan fingerprint density at radius 1 is 1.21 bits per heavy atom. The summed E-state index contributed by atoms with van der Waals surface area (Å²) in [5.74, 6) is 0. The second kappa shape index (κ2) is 4.07. The van der Waals surface area contributed by atoms with E-state index in [2.05, 4.69) is 4.98 Å². The van der Waals surface area contributed by atoms with Crippen molar-refractivity contribution in [3.05, 3.63) is 47.7 Å². The first kappa shape index (κ1) is 8.97. The Balaban J connectivity index is 2.35. The van der Waals surface area contributed by atoms with Gasteiger partial charge in [0.1, 0.15) is 5.01 Å². The van der Waals surface area contributed by atoms with Crippen LogP contribution in [-0.2, 0) is 0 Å². The van der Waals surface area contributed by atoms with Crippen molar-refractivity contribution in [2.24, 2.45) is 0 Å². The summed E-state index contributed by atoms with van der Waals surface area (Å²) < 4.78 is 1.18. The first-order chi connectivity index (χ1) is 6.90. The van der Waals surface area contributed by atoms with Crippen molar-refractivity contribution in [2.75, 3.05) is 0 Å². The number of hydrogen-bond donors (Lipinski definition) is 1. The molecule has 0 aliphatic carbocycles. The first-order valence-electron chi connectivity index (χ1n) is 4.23. The van der Waals surface area contributed by atoms with E-state index in [9.17, 15) is 0 Å². The molecule has 2 aromatic rings. The molecule has 0 fully saturated rings. The zero-order valence-corrected chi connectivity index (χ0v) is 8.24. The summed E-state index contributed by atoms with van der Waals surface area (Å²) in [5.41, 5.74) is 1.02. The predicted molar refractivity (Wildman–Crippen MR) is 60.4 cm³/mol. The molecule has 1 aromatic carbocycles. The van der Waals surface area contributed by atoms with Crippen molar-refractivity contribution < 1.29 is 5.11 Å². The lowest BCUT2D eigenvalue weighted by Gasteiger charge is -1.80. The minimum Gasteiger partial charge on any atom is -0.516 e. The Hall–Kier alpha value is -1.61. The molecule has 14 heavy (non-hydrogen) atoms. The van der Waals surface area contributed by atoms with Crippen LogP contribution in [0.1, 0.15) is 5.01 Å². The Bertz CT molecular complexity index is 452. The summed E-state index contributed by atoms with van der Waals surface area (Å²) in [7, 11) is 0. The smallest absolute Gasteiger partial charge is 0.117 e. The van der Waals surface area contributed by atoms with Crippen LogP contribution in [0.5, 0.6) is 0 Å². The largest absolute Gasteiger partial charge is 0.516 e. The maximum absolute atomic E-state index is 8.44. The summed E-state index contributed by atoms with van der Waals surface area (Å²) in [6.07, 6.45) is 6.20. The highest BCUT2D eigenvalue weighted by Gasteiger charge is 1.97. The predicted octanol–water partition coefficient (Wildman–Crippen LogP) is 3.38. The number of rotatable bonds is 2. The van der Waals surface area contributed by atoms with E-state index in [1.54, 1.807) is 23.5 Å². The zero-order chi connectivity index (χ0) is 9.80. The van der Waals surface area contributed by atoms with Gasteiger partial charge in [-0.15, -0.1) is 11.3 Å². The molecule has 0 spiro atoms. The number of para-hydroxylation sites is 1. The van der Waals surface area contributed by atoms with E-state index in [-0.39, 0.29) is 0 Å². The molecule has 0 aliphatic rings. The van der Waals surface area contributed by atoms with Crippen molar-refractivity contribution >= 4 is 27.6 Å². The monoisotopic (exact) mass is 203 g/mol. The number of hydrogen-bond acceptors (Lipinski definition) is 3. The van der Waals surface area contributed by atoms with Gasteiger partial charge in [-0.3, -0.25) is 0 Å². The van der Waals surface area contributed by atoms with Crippen molar-refractivity contribution in [3.8, 4) is 0 Å². The molecule has 70 valence electrons. The van der Waals surface area contributed by atoms with Crippen LogP contribution in [-0.4, -0.2) is 10.1 Å². The van der Waals surface area contributed by atoms with Gasteiger partial charge in [0.05, 0.1) is 16.5 Å². The topological polar surface area (TPSA) is 33.1 Å². The molecular weight excluding hydrogens is 194 g/mol. The molecule has 0 radical (unpaired) electrons. The number of aliphatic hydroxyl groups excluding tert-OH is 1. The molecule has 0 saturated carbocycles. The third-order valence-corrected chi connectivity index (χ3v) is 2.75. The lowest BCUT2D eigenvalue weighted by atomic mass is 10.3. The van der Waals surface area contributed by atoms with E-state index >= 15 is 0 Å². The molecule has 0 unspecified atom stereocenters. The molecule has 0 aliphatic heterocycles. The minimum absolute atomic E-state index is 0.948. The summed E-state index contributed by atoms with van der Waals surface area (Å²) in [6, 6.07) is 8.02. The fourth-order valence-corrected chi connectivity index (χ4v) is 2.03. The van der Waals surface area contributed by atoms with Crippen molar-refractivity contribution in [2.45, 2.75) is 0 Å². The Morgan fingerprint density at radius 2 is 2.07 bits per heavy atom. The number of benzene rings is 1. The number of aromatic nitrogens is 1. The van der Waals surface area contributed by atoms with E-state index in [4.69, 9.17) is 5.11 Å². The number of nitrogens with zero attached hydrogens (tertiary/aromatic N) is 1. The van der Waals surface area contributed by atoms with Gasteiger partial charge in [0, 0.05) is 0 Å². The third kappa shape index (κ3) is 1.83. The zero-order valence-electron chi connectivity index (χ0n) is 7.42. The van der Waals surface area contributed by atoms with Gasteiger partial charge in [0.2, 0.25) is 0 Å². The van der Waals surface area contributed by atoms with E-state index < -0.39 is 0 Å². The van der Waals surface area contributed by atoms with Gasteiger partial charge < -0.3 is 5.11 Å². The van der Waals surface area contributed by atoms with Gasteiger partial charge in [-0.2, -0.15) is 0 Å². The van der Waals surface area contributed by atoms with Crippen LogP contribution in [0.4, 0.5) is 0 Å². The van der Waals surface area contributed by atoms with E-state index in [1.807, 2.05) is 30.3 Å². The van der Waals surface area contributed by atoms with Crippen molar-refractivity contribution in [1.29, 1.82) is 0 Å². The minimum atomic E-state index is 0.948. The second-order valence-corrected chi connectivity index (χ2v) is 3.78. The van der Waals surface area contributed by atoms with E-state index in [1.165, 1.54) is 4.70 Å². The van der Waals surface area contributed by atoms with Crippen LogP contribution in [0.2, 0.25) is 0 Å². The molecule has 0 amide bonds. The lowest BCUT2D eigenvalue weighted by molar-refractivity contribution is 0.474. The van der Waals surface area contributed by atoms with Gasteiger partial charge >= 0.3 is 0 Å². The third-order valence-electron chi connectivity index (χ3n) is 1.75. The molecule has 3 heteroatoms. The molecule has 1 aromatic heterocycles. The number of allylic oxidation sites excluding steroid dienone is 2. The molecule has 1 N–H and O–H groups in total. The van der Waals surface area contributed by atoms with Crippen LogP contribution in [0.3, 0.4) is 0 Å². The Kier molecular flexibility index (Phi) is 2.60. The number of aliphatic hydroxyl groups is 1. The van der Waals surface area contributed by atoms with E-state index in [0.717, 1.165) is 16.8 Å². The highest BCUT2D eigenvalue weighted by Crippen LogP contribution is 2.22. The number of fused-ring (bicyclic) bond motifs is 1. The highest BCUT2D eigenvalue weighted by molar-refractivity contribution is 7.19. The van der Waals surface area contributed by atoms with Crippen molar-refractivity contribution in [1.82, 2.24) is 4.98 Å².